The molecule has 206 valence electrons. The number of ether oxygens (including phenoxy) is 2. The van der Waals surface area contributed by atoms with E-state index in [1.807, 2.05) is 19.2 Å². The third kappa shape index (κ3) is 6.13. The Balaban J connectivity index is 1.54. The van der Waals surface area contributed by atoms with Gasteiger partial charge < -0.3 is 19.3 Å². The maximum absolute atomic E-state index is 14.2. The van der Waals surface area contributed by atoms with E-state index in [4.69, 9.17) is 9.47 Å². The van der Waals surface area contributed by atoms with Crippen molar-refractivity contribution in [1.82, 2.24) is 20.0 Å². The third-order valence-electron chi connectivity index (χ3n) is 6.73. The van der Waals surface area contributed by atoms with Crippen LogP contribution in [0.15, 0.2) is 52.5 Å². The summed E-state index contributed by atoms with van der Waals surface area (Å²) >= 11 is 1.23. The van der Waals surface area contributed by atoms with Gasteiger partial charge >= 0.3 is 6.18 Å². The van der Waals surface area contributed by atoms with Crippen LogP contribution in [-0.2, 0) is 22.1 Å². The van der Waals surface area contributed by atoms with Crippen molar-refractivity contribution in [1.29, 1.82) is 0 Å². The Bertz CT molecular complexity index is 1430. The van der Waals surface area contributed by atoms with Crippen molar-refractivity contribution in [3.63, 3.8) is 0 Å². The van der Waals surface area contributed by atoms with E-state index in [1.165, 1.54) is 31.0 Å². The maximum Gasteiger partial charge on any atom is 0.416 e. The summed E-state index contributed by atoms with van der Waals surface area (Å²) in [6.07, 6.45) is -3.09. The van der Waals surface area contributed by atoms with E-state index in [1.54, 1.807) is 12.3 Å². The van der Waals surface area contributed by atoms with Crippen molar-refractivity contribution in [2.75, 3.05) is 53.6 Å². The van der Waals surface area contributed by atoms with Gasteiger partial charge in [-0.2, -0.15) is 23.3 Å². The first kappa shape index (κ1) is 27.2. The van der Waals surface area contributed by atoms with E-state index in [-0.39, 0.29) is 30.9 Å². The van der Waals surface area contributed by atoms with Crippen LogP contribution in [0, 0.1) is 0 Å². The molecule has 1 fully saturated rings. The summed E-state index contributed by atoms with van der Waals surface area (Å²) in [5.74, 6) is -0.339. The number of carbonyl (C=O) groups excluding carboxylic acids is 1. The number of aromatic nitrogens is 2. The number of aliphatic imine (C=N–C) groups is 1. The van der Waals surface area contributed by atoms with Crippen LogP contribution in [0.25, 0.3) is 16.5 Å². The van der Waals surface area contributed by atoms with E-state index in [0.717, 1.165) is 43.1 Å². The van der Waals surface area contributed by atoms with Gasteiger partial charge in [-0.05, 0) is 66.2 Å². The summed E-state index contributed by atoms with van der Waals surface area (Å²) in [6.45, 7) is 3.51. The van der Waals surface area contributed by atoms with Gasteiger partial charge in [-0.3, -0.25) is 9.89 Å². The number of methoxy groups -OCH3 is 1. The summed E-state index contributed by atoms with van der Waals surface area (Å²) in [6, 6.07) is 9.36. The highest BCUT2D eigenvalue weighted by Gasteiger charge is 2.36. The number of thioether (sulfide) groups is 1. The molecule has 0 spiro atoms. The highest BCUT2D eigenvalue weighted by Crippen LogP contribution is 2.41. The number of nitrogens with zero attached hydrogens (tertiary/aromatic N) is 4. The number of rotatable bonds is 7. The third-order valence-corrected chi connectivity index (χ3v) is 7.89. The molecule has 0 unspecified atom stereocenters. The minimum absolute atomic E-state index is 0.0397. The molecule has 12 heteroatoms. The molecule has 0 aliphatic carbocycles. The van der Waals surface area contributed by atoms with E-state index in [9.17, 15) is 18.0 Å². The summed E-state index contributed by atoms with van der Waals surface area (Å²) < 4.78 is 53.0. The number of aromatic amines is 1. The number of halogens is 3. The molecule has 5 rings (SSSR count). The predicted molar refractivity (Wildman–Crippen MR) is 145 cm³/mol. The fraction of sp³-hybridized carbons (Fsp3) is 0.370. The molecule has 1 N–H and O–H groups in total. The molecule has 0 bridgehead atoms. The minimum Gasteiger partial charge on any atom is -0.491 e. The Labute approximate surface area is 227 Å². The Morgan fingerprint density at radius 1 is 1.10 bits per heavy atom. The first-order valence-electron chi connectivity index (χ1n) is 12.5. The van der Waals surface area contributed by atoms with Crippen molar-refractivity contribution >= 4 is 39.3 Å². The SMILES string of the molecule is COCCOc1ccc(CC(=C2SC(N3CCN(C)CC3)=NC2=O)c2ccc3[nH]ncc3c2)c(C(F)(F)F)c1. The Kier molecular flexibility index (Phi) is 7.96. The lowest BCUT2D eigenvalue weighted by Gasteiger charge is -2.33. The number of hydrogen-bond donors (Lipinski definition) is 1. The molecule has 0 saturated carbocycles. The first-order chi connectivity index (χ1) is 18.7. The Hall–Kier alpha value is -3.35. The molecule has 3 aromatic rings. The van der Waals surface area contributed by atoms with E-state index < -0.39 is 17.6 Å². The molecule has 2 aromatic carbocycles. The van der Waals surface area contributed by atoms with Crippen LogP contribution in [0.3, 0.4) is 0 Å². The van der Waals surface area contributed by atoms with Gasteiger partial charge in [0.2, 0.25) is 0 Å². The monoisotopic (exact) mass is 559 g/mol. The summed E-state index contributed by atoms with van der Waals surface area (Å²) in [7, 11) is 3.53. The second kappa shape index (κ2) is 11.4. The van der Waals surface area contributed by atoms with Gasteiger partial charge in [0.25, 0.3) is 5.91 Å². The molecule has 3 heterocycles. The molecule has 1 saturated heterocycles. The van der Waals surface area contributed by atoms with Crippen molar-refractivity contribution < 1.29 is 27.4 Å². The number of amides is 1. The lowest BCUT2D eigenvalue weighted by atomic mass is 9.93. The standard InChI is InChI=1S/C27H28F3N5O3S/c1-34-7-9-35(10-8-34)26-32-25(36)24(39-26)21(17-4-6-23-19(13-17)16-31-33-23)14-18-3-5-20(38-12-11-37-2)15-22(18)27(28,29)30/h3-6,13,15-16H,7-12,14H2,1-2H3,(H,31,33). The molecule has 1 aromatic heterocycles. The number of H-pyrrole nitrogens is 1. The number of amidine groups is 1. The minimum atomic E-state index is -4.62. The fourth-order valence-corrected chi connectivity index (χ4v) is 5.63. The van der Waals surface area contributed by atoms with Crippen LogP contribution in [0.1, 0.15) is 16.7 Å². The van der Waals surface area contributed by atoms with E-state index in [2.05, 4.69) is 25.0 Å². The molecule has 0 atom stereocenters. The number of carbonyl (C=O) groups is 1. The second-order valence-electron chi connectivity index (χ2n) is 9.41. The van der Waals surface area contributed by atoms with Gasteiger partial charge in [0.15, 0.2) is 5.17 Å². The van der Waals surface area contributed by atoms with Gasteiger partial charge in [0, 0.05) is 38.7 Å². The average molecular weight is 560 g/mol. The van der Waals surface area contributed by atoms with Crippen LogP contribution in [0.2, 0.25) is 0 Å². The molecule has 2 aliphatic heterocycles. The highest BCUT2D eigenvalue weighted by atomic mass is 32.2. The summed E-state index contributed by atoms with van der Waals surface area (Å²) in [4.78, 5) is 22.1. The summed E-state index contributed by atoms with van der Waals surface area (Å²) in [5.41, 5.74) is 1.15. The van der Waals surface area contributed by atoms with Crippen LogP contribution < -0.4 is 4.74 Å². The summed E-state index contributed by atoms with van der Waals surface area (Å²) in [5, 5.41) is 8.30. The van der Waals surface area contributed by atoms with Crippen LogP contribution in [0.4, 0.5) is 13.2 Å². The van der Waals surface area contributed by atoms with Gasteiger partial charge in [0.05, 0.1) is 28.8 Å². The van der Waals surface area contributed by atoms with Crippen molar-refractivity contribution in [2.45, 2.75) is 12.6 Å². The largest absolute Gasteiger partial charge is 0.491 e. The number of benzene rings is 2. The number of hydrogen-bond acceptors (Lipinski definition) is 7. The first-order valence-corrected chi connectivity index (χ1v) is 13.3. The van der Waals surface area contributed by atoms with Crippen molar-refractivity contribution in [3.05, 3.63) is 64.2 Å². The van der Waals surface area contributed by atoms with Crippen molar-refractivity contribution in [2.24, 2.45) is 4.99 Å². The van der Waals surface area contributed by atoms with E-state index >= 15 is 0 Å². The fourth-order valence-electron chi connectivity index (χ4n) is 4.56. The molecule has 8 nitrogen and oxygen atoms in total. The maximum atomic E-state index is 14.2. The number of piperazine rings is 1. The smallest absolute Gasteiger partial charge is 0.416 e. The van der Waals surface area contributed by atoms with Gasteiger partial charge in [-0.15, -0.1) is 0 Å². The zero-order valence-electron chi connectivity index (χ0n) is 21.5. The van der Waals surface area contributed by atoms with Gasteiger partial charge in [-0.25, -0.2) is 0 Å². The molecule has 0 radical (unpaired) electrons. The number of nitrogens with one attached hydrogen (secondary N) is 1. The number of fused-ring (bicyclic) bond motifs is 1. The quantitative estimate of drug-likeness (QED) is 0.339. The molecular formula is C27H28F3N5O3S. The lowest BCUT2D eigenvalue weighted by Crippen LogP contribution is -2.46. The zero-order valence-corrected chi connectivity index (χ0v) is 22.4. The number of alkyl halides is 3. The second-order valence-corrected chi connectivity index (χ2v) is 10.4. The average Bonchev–Trinajstić information content (AvgIpc) is 3.54. The predicted octanol–water partition coefficient (Wildman–Crippen LogP) is 4.44. The number of allylic oxidation sites excluding steroid dienone is 1. The van der Waals surface area contributed by atoms with Gasteiger partial charge in [0.1, 0.15) is 12.4 Å². The molecule has 2 aliphatic rings. The van der Waals surface area contributed by atoms with E-state index in [0.29, 0.717) is 21.2 Å². The van der Waals surface area contributed by atoms with Crippen molar-refractivity contribution in [3.8, 4) is 5.75 Å². The lowest BCUT2D eigenvalue weighted by molar-refractivity contribution is -0.138. The normalized spacial score (nSPS) is 18.1. The zero-order chi connectivity index (χ0) is 27.6. The van der Waals surface area contributed by atoms with Crippen LogP contribution in [-0.4, -0.2) is 84.6 Å². The Morgan fingerprint density at radius 3 is 2.64 bits per heavy atom. The topological polar surface area (TPSA) is 83.0 Å². The molecule has 1 amide bonds. The highest BCUT2D eigenvalue weighted by molar-refractivity contribution is 8.18. The molecular weight excluding hydrogens is 531 g/mol. The van der Waals surface area contributed by atoms with Crippen LogP contribution in [0.5, 0.6) is 5.75 Å². The number of likely N-dealkylation sites (N-methyl/N-ethyl adjacent to an activating group) is 1. The molecule has 39 heavy (non-hydrogen) atoms. The Morgan fingerprint density at radius 2 is 1.90 bits per heavy atom. The van der Waals surface area contributed by atoms with Gasteiger partial charge in [-0.1, -0.05) is 12.1 Å². The van der Waals surface area contributed by atoms with Crippen LogP contribution >= 0.6 is 11.8 Å².